The smallest absolute Gasteiger partial charge is 0.306 e. The molecule has 1 aliphatic carbocycles. The van der Waals surface area contributed by atoms with Crippen molar-refractivity contribution < 1.29 is 14.6 Å². The highest BCUT2D eigenvalue weighted by Crippen LogP contribution is 2.24. The zero-order valence-electron chi connectivity index (χ0n) is 10.4. The van der Waals surface area contributed by atoms with Gasteiger partial charge in [0.1, 0.15) is 0 Å². The molecular weight excluding hydrogens is 218 g/mol. The lowest BCUT2D eigenvalue weighted by molar-refractivity contribution is -0.143. The van der Waals surface area contributed by atoms with E-state index in [1.807, 2.05) is 0 Å². The average molecular weight is 241 g/mol. The lowest BCUT2D eigenvalue weighted by Crippen LogP contribution is -2.40. The molecule has 0 aromatic rings. The number of aliphatic carboxylic acids is 1. The third-order valence-electron chi connectivity index (χ3n) is 3.97. The minimum Gasteiger partial charge on any atom is -0.481 e. The van der Waals surface area contributed by atoms with Gasteiger partial charge in [0, 0.05) is 19.2 Å². The Balaban J connectivity index is 1.69. The molecule has 1 heterocycles. The second-order valence-electron chi connectivity index (χ2n) is 5.39. The summed E-state index contributed by atoms with van der Waals surface area (Å²) in [6.45, 7) is 2.75. The van der Waals surface area contributed by atoms with Gasteiger partial charge in [-0.25, -0.2) is 0 Å². The van der Waals surface area contributed by atoms with Gasteiger partial charge >= 0.3 is 5.97 Å². The second-order valence-corrected chi connectivity index (χ2v) is 5.39. The summed E-state index contributed by atoms with van der Waals surface area (Å²) < 4.78 is 5.45. The van der Waals surface area contributed by atoms with Gasteiger partial charge in [-0.15, -0.1) is 0 Å². The summed E-state index contributed by atoms with van der Waals surface area (Å²) in [6.07, 6.45) is 6.20. The normalized spacial score (nSPS) is 34.5. The largest absolute Gasteiger partial charge is 0.481 e. The summed E-state index contributed by atoms with van der Waals surface area (Å²) in [4.78, 5) is 11.0. The van der Waals surface area contributed by atoms with Crippen molar-refractivity contribution in [1.29, 1.82) is 0 Å². The Labute approximate surface area is 103 Å². The Morgan fingerprint density at radius 2 is 2.18 bits per heavy atom. The summed E-state index contributed by atoms with van der Waals surface area (Å²) >= 11 is 0. The highest BCUT2D eigenvalue weighted by atomic mass is 16.5. The van der Waals surface area contributed by atoms with E-state index >= 15 is 0 Å². The molecule has 2 N–H and O–H groups in total. The summed E-state index contributed by atoms with van der Waals surface area (Å²) in [6, 6.07) is 0.395. The molecule has 0 spiro atoms. The van der Waals surface area contributed by atoms with E-state index in [0.29, 0.717) is 12.0 Å². The second kappa shape index (κ2) is 6.36. The van der Waals surface area contributed by atoms with Crippen LogP contribution in [0.3, 0.4) is 0 Å². The highest BCUT2D eigenvalue weighted by Gasteiger charge is 2.27. The monoisotopic (exact) mass is 241 g/mol. The molecule has 2 rings (SSSR count). The van der Waals surface area contributed by atoms with Gasteiger partial charge < -0.3 is 15.2 Å². The molecule has 4 heteroatoms. The van der Waals surface area contributed by atoms with E-state index in [1.54, 1.807) is 0 Å². The Kier molecular flexibility index (Phi) is 4.80. The molecule has 1 saturated carbocycles. The van der Waals surface area contributed by atoms with Crippen LogP contribution in [0, 0.1) is 11.8 Å². The summed E-state index contributed by atoms with van der Waals surface area (Å²) in [5.74, 6) is -0.143. The van der Waals surface area contributed by atoms with Crippen LogP contribution in [0.5, 0.6) is 0 Å². The number of carbonyl (C=O) groups is 1. The number of hydrogen-bond donors (Lipinski definition) is 2. The van der Waals surface area contributed by atoms with Gasteiger partial charge in [-0.1, -0.05) is 6.42 Å². The lowest BCUT2D eigenvalue weighted by Gasteiger charge is -2.30. The van der Waals surface area contributed by atoms with Crippen molar-refractivity contribution in [2.75, 3.05) is 19.8 Å². The van der Waals surface area contributed by atoms with E-state index in [9.17, 15) is 4.79 Å². The van der Waals surface area contributed by atoms with E-state index in [2.05, 4.69) is 5.32 Å². The van der Waals surface area contributed by atoms with Crippen LogP contribution in [0.15, 0.2) is 0 Å². The van der Waals surface area contributed by atoms with Crippen molar-refractivity contribution in [1.82, 2.24) is 5.32 Å². The van der Waals surface area contributed by atoms with Gasteiger partial charge in [-0.05, 0) is 38.0 Å². The Morgan fingerprint density at radius 3 is 2.88 bits per heavy atom. The molecule has 0 aromatic carbocycles. The van der Waals surface area contributed by atoms with Gasteiger partial charge in [-0.3, -0.25) is 4.79 Å². The van der Waals surface area contributed by atoms with Crippen molar-refractivity contribution in [3.05, 3.63) is 0 Å². The molecule has 4 nitrogen and oxygen atoms in total. The average Bonchev–Trinajstić information content (AvgIpc) is 2.38. The minimum absolute atomic E-state index is 0.135. The van der Waals surface area contributed by atoms with Crippen molar-refractivity contribution >= 4 is 5.97 Å². The first-order valence-electron chi connectivity index (χ1n) is 6.79. The molecule has 3 atom stereocenters. The molecular formula is C13H23NO3. The minimum atomic E-state index is -0.627. The zero-order valence-corrected chi connectivity index (χ0v) is 10.4. The maximum Gasteiger partial charge on any atom is 0.306 e. The quantitative estimate of drug-likeness (QED) is 0.785. The molecule has 98 valence electrons. The molecule has 3 unspecified atom stereocenters. The standard InChI is InChI=1S/C13H23NO3/c15-13(16)11-4-1-5-12(7-11)14-8-10-3-2-6-17-9-10/h10-12,14H,1-9H2,(H,15,16). The fourth-order valence-corrected chi connectivity index (χ4v) is 2.90. The Bertz CT molecular complexity index is 251. The van der Waals surface area contributed by atoms with Gasteiger partial charge in [0.05, 0.1) is 12.5 Å². The van der Waals surface area contributed by atoms with E-state index < -0.39 is 5.97 Å². The van der Waals surface area contributed by atoms with E-state index in [0.717, 1.165) is 51.9 Å². The van der Waals surface area contributed by atoms with E-state index in [-0.39, 0.29) is 5.92 Å². The number of rotatable bonds is 4. The zero-order chi connectivity index (χ0) is 12.1. The molecule has 0 amide bonds. The first-order valence-corrected chi connectivity index (χ1v) is 6.79. The van der Waals surface area contributed by atoms with Gasteiger partial charge in [0.2, 0.25) is 0 Å². The molecule has 1 saturated heterocycles. The number of nitrogens with one attached hydrogen (secondary N) is 1. The van der Waals surface area contributed by atoms with Crippen molar-refractivity contribution in [2.24, 2.45) is 11.8 Å². The van der Waals surface area contributed by atoms with Crippen LogP contribution in [0.4, 0.5) is 0 Å². The van der Waals surface area contributed by atoms with Crippen LogP contribution in [0.1, 0.15) is 38.5 Å². The van der Waals surface area contributed by atoms with Crippen LogP contribution >= 0.6 is 0 Å². The topological polar surface area (TPSA) is 58.6 Å². The molecule has 1 aliphatic heterocycles. The summed E-state index contributed by atoms with van der Waals surface area (Å²) in [5.41, 5.74) is 0. The Morgan fingerprint density at radius 1 is 1.29 bits per heavy atom. The van der Waals surface area contributed by atoms with Crippen molar-refractivity contribution in [3.8, 4) is 0 Å². The lowest BCUT2D eigenvalue weighted by atomic mass is 9.85. The maximum atomic E-state index is 11.0. The number of hydrogen-bond acceptors (Lipinski definition) is 3. The molecule has 0 bridgehead atoms. The van der Waals surface area contributed by atoms with Crippen molar-refractivity contribution in [2.45, 2.75) is 44.6 Å². The number of carboxylic acid groups (broad SMARTS) is 1. The van der Waals surface area contributed by atoms with E-state index in [4.69, 9.17) is 9.84 Å². The van der Waals surface area contributed by atoms with Crippen LogP contribution in [0.2, 0.25) is 0 Å². The molecule has 2 fully saturated rings. The molecule has 0 radical (unpaired) electrons. The maximum absolute atomic E-state index is 11.0. The number of carboxylic acids is 1. The first-order chi connectivity index (χ1) is 8.25. The SMILES string of the molecule is O=C(O)C1CCCC(NCC2CCCOC2)C1. The predicted octanol–water partition coefficient (Wildman–Crippen LogP) is 1.65. The van der Waals surface area contributed by atoms with Crippen LogP contribution in [-0.4, -0.2) is 36.9 Å². The molecule has 2 aliphatic rings. The summed E-state index contributed by atoms with van der Waals surface area (Å²) in [5, 5.41) is 12.6. The van der Waals surface area contributed by atoms with Crippen LogP contribution in [-0.2, 0) is 9.53 Å². The fourth-order valence-electron chi connectivity index (χ4n) is 2.90. The van der Waals surface area contributed by atoms with Gasteiger partial charge in [0.25, 0.3) is 0 Å². The molecule has 0 aromatic heterocycles. The highest BCUT2D eigenvalue weighted by molar-refractivity contribution is 5.70. The summed E-state index contributed by atoms with van der Waals surface area (Å²) in [7, 11) is 0. The predicted molar refractivity (Wildman–Crippen MR) is 64.9 cm³/mol. The molecule has 17 heavy (non-hydrogen) atoms. The van der Waals surface area contributed by atoms with E-state index in [1.165, 1.54) is 6.42 Å². The third kappa shape index (κ3) is 3.96. The van der Waals surface area contributed by atoms with Crippen molar-refractivity contribution in [3.63, 3.8) is 0 Å². The third-order valence-corrected chi connectivity index (χ3v) is 3.97. The van der Waals surface area contributed by atoms with Gasteiger partial charge in [0.15, 0.2) is 0 Å². The fraction of sp³-hybridized carbons (Fsp3) is 0.923. The first kappa shape index (κ1) is 12.8. The number of ether oxygens (including phenoxy) is 1. The van der Waals surface area contributed by atoms with Crippen LogP contribution < -0.4 is 5.32 Å². The van der Waals surface area contributed by atoms with Crippen LogP contribution in [0.25, 0.3) is 0 Å². The van der Waals surface area contributed by atoms with Gasteiger partial charge in [-0.2, -0.15) is 0 Å². The Hall–Kier alpha value is -0.610.